The van der Waals surface area contributed by atoms with Gasteiger partial charge >= 0.3 is 0 Å². The molecule has 0 fully saturated rings. The molecule has 1 aliphatic heterocycles. The number of fused-ring (bicyclic) bond motifs is 1. The predicted octanol–water partition coefficient (Wildman–Crippen LogP) is 2.87. The molecule has 1 aromatic carbocycles. The van der Waals surface area contributed by atoms with E-state index in [1.54, 1.807) is 16.9 Å². The van der Waals surface area contributed by atoms with Crippen LogP contribution in [0.3, 0.4) is 0 Å². The van der Waals surface area contributed by atoms with E-state index in [0.29, 0.717) is 24.7 Å². The van der Waals surface area contributed by atoms with Crippen molar-refractivity contribution in [2.24, 2.45) is 0 Å². The molecule has 0 radical (unpaired) electrons. The Bertz CT molecular complexity index is 920. The van der Waals surface area contributed by atoms with Crippen LogP contribution in [-0.2, 0) is 4.79 Å². The molecular formula is C19H19N5O2. The molecule has 0 saturated heterocycles. The molecule has 2 aromatic heterocycles. The zero-order valence-electron chi connectivity index (χ0n) is 14.4. The summed E-state index contributed by atoms with van der Waals surface area (Å²) in [5.41, 5.74) is 1.91. The zero-order chi connectivity index (χ0) is 17.9. The molecule has 3 heterocycles. The second-order valence-electron chi connectivity index (χ2n) is 6.29. The third-order valence-electron chi connectivity index (χ3n) is 4.43. The quantitative estimate of drug-likeness (QED) is 0.783. The summed E-state index contributed by atoms with van der Waals surface area (Å²) >= 11 is 0. The Morgan fingerprint density at radius 3 is 2.96 bits per heavy atom. The third-order valence-corrected chi connectivity index (χ3v) is 4.43. The minimum atomic E-state index is -0.0616. The summed E-state index contributed by atoms with van der Waals surface area (Å²) in [6.07, 6.45) is 2.85. The van der Waals surface area contributed by atoms with Crippen molar-refractivity contribution in [2.75, 3.05) is 11.9 Å². The molecule has 0 spiro atoms. The summed E-state index contributed by atoms with van der Waals surface area (Å²) in [5.74, 6) is 2.10. The van der Waals surface area contributed by atoms with Crippen LogP contribution in [0.15, 0.2) is 48.7 Å². The van der Waals surface area contributed by atoms with Crippen LogP contribution in [0.25, 0.3) is 5.82 Å². The SMILES string of the molecule is Cc1ccc(-n2nccc2NC(=O)C[C@H]2CCOc3ccccc32)nn1. The maximum absolute atomic E-state index is 12.6. The van der Waals surface area contributed by atoms with Crippen molar-refractivity contribution in [1.29, 1.82) is 0 Å². The third kappa shape index (κ3) is 3.28. The number of nitrogens with one attached hydrogen (secondary N) is 1. The van der Waals surface area contributed by atoms with E-state index in [0.717, 1.165) is 23.4 Å². The van der Waals surface area contributed by atoms with Gasteiger partial charge in [-0.15, -0.1) is 5.10 Å². The lowest BCUT2D eigenvalue weighted by atomic mass is 9.90. The first-order valence-corrected chi connectivity index (χ1v) is 8.57. The van der Waals surface area contributed by atoms with Crippen molar-refractivity contribution in [3.8, 4) is 11.6 Å². The first-order valence-electron chi connectivity index (χ1n) is 8.57. The van der Waals surface area contributed by atoms with Gasteiger partial charge in [0.05, 0.1) is 18.5 Å². The molecule has 7 nitrogen and oxygen atoms in total. The van der Waals surface area contributed by atoms with Crippen LogP contribution >= 0.6 is 0 Å². The Balaban J connectivity index is 1.49. The Labute approximate surface area is 151 Å². The van der Waals surface area contributed by atoms with Crippen LogP contribution in [0, 0.1) is 6.92 Å². The van der Waals surface area contributed by atoms with E-state index in [2.05, 4.69) is 20.6 Å². The predicted molar refractivity (Wildman–Crippen MR) is 96.4 cm³/mol. The second kappa shape index (κ2) is 6.95. The van der Waals surface area contributed by atoms with Crippen LogP contribution in [0.5, 0.6) is 5.75 Å². The maximum Gasteiger partial charge on any atom is 0.226 e. The topological polar surface area (TPSA) is 81.9 Å². The highest BCUT2D eigenvalue weighted by Gasteiger charge is 2.24. The lowest BCUT2D eigenvalue weighted by Crippen LogP contribution is -2.21. The lowest BCUT2D eigenvalue weighted by Gasteiger charge is -2.25. The van der Waals surface area contributed by atoms with Crippen LogP contribution in [0.1, 0.15) is 30.0 Å². The van der Waals surface area contributed by atoms with Crippen molar-refractivity contribution < 1.29 is 9.53 Å². The van der Waals surface area contributed by atoms with Crippen LogP contribution < -0.4 is 10.1 Å². The van der Waals surface area contributed by atoms with Crippen molar-refractivity contribution in [3.05, 3.63) is 59.9 Å². The number of aryl methyl sites for hydroxylation is 1. The smallest absolute Gasteiger partial charge is 0.226 e. The fourth-order valence-electron chi connectivity index (χ4n) is 3.13. The van der Waals surface area contributed by atoms with E-state index in [9.17, 15) is 4.79 Å². The normalized spacial score (nSPS) is 15.8. The molecule has 0 unspecified atom stereocenters. The van der Waals surface area contributed by atoms with Gasteiger partial charge in [-0.3, -0.25) is 4.79 Å². The molecule has 0 aliphatic carbocycles. The van der Waals surface area contributed by atoms with Gasteiger partial charge < -0.3 is 10.1 Å². The van der Waals surface area contributed by atoms with Gasteiger partial charge in [-0.25, -0.2) is 0 Å². The average Bonchev–Trinajstić information content (AvgIpc) is 3.10. The van der Waals surface area contributed by atoms with Crippen LogP contribution in [0.2, 0.25) is 0 Å². The number of anilines is 1. The number of para-hydroxylation sites is 1. The van der Waals surface area contributed by atoms with Crippen LogP contribution in [0.4, 0.5) is 5.82 Å². The fourth-order valence-corrected chi connectivity index (χ4v) is 3.13. The molecule has 1 N–H and O–H groups in total. The Morgan fingerprint density at radius 1 is 1.23 bits per heavy atom. The highest BCUT2D eigenvalue weighted by molar-refractivity contribution is 5.90. The van der Waals surface area contributed by atoms with E-state index in [1.807, 2.05) is 43.3 Å². The number of hydrogen-bond donors (Lipinski definition) is 1. The molecule has 1 aliphatic rings. The number of ether oxygens (including phenoxy) is 1. The number of rotatable bonds is 4. The molecule has 1 amide bonds. The monoisotopic (exact) mass is 349 g/mol. The summed E-state index contributed by atoms with van der Waals surface area (Å²) in [6, 6.07) is 13.3. The highest BCUT2D eigenvalue weighted by atomic mass is 16.5. The molecular weight excluding hydrogens is 330 g/mol. The maximum atomic E-state index is 12.6. The number of amides is 1. The van der Waals surface area contributed by atoms with Gasteiger partial charge in [0, 0.05) is 12.5 Å². The van der Waals surface area contributed by atoms with Gasteiger partial charge in [-0.05, 0) is 43.0 Å². The summed E-state index contributed by atoms with van der Waals surface area (Å²) in [7, 11) is 0. The fraction of sp³-hybridized carbons (Fsp3) is 0.263. The molecule has 0 bridgehead atoms. The summed E-state index contributed by atoms with van der Waals surface area (Å²) in [4.78, 5) is 12.6. The second-order valence-corrected chi connectivity index (χ2v) is 6.29. The van der Waals surface area contributed by atoms with Crippen molar-refractivity contribution in [2.45, 2.75) is 25.7 Å². The standard InChI is InChI=1S/C19H19N5O2/c1-13-6-7-18(23-22-13)24-17(8-10-20-24)21-19(25)12-14-9-11-26-16-5-3-2-4-15(14)16/h2-8,10,14H,9,11-12H2,1H3,(H,21,25)/t14-/m1/s1. The highest BCUT2D eigenvalue weighted by Crippen LogP contribution is 2.35. The zero-order valence-corrected chi connectivity index (χ0v) is 14.4. The molecule has 132 valence electrons. The average molecular weight is 349 g/mol. The first kappa shape index (κ1) is 16.3. The van der Waals surface area contributed by atoms with Gasteiger partial charge in [0.25, 0.3) is 0 Å². The lowest BCUT2D eigenvalue weighted by molar-refractivity contribution is -0.116. The van der Waals surface area contributed by atoms with Crippen molar-refractivity contribution >= 4 is 11.7 Å². The Kier molecular flexibility index (Phi) is 4.35. The van der Waals surface area contributed by atoms with Crippen LogP contribution in [-0.4, -0.2) is 32.5 Å². The van der Waals surface area contributed by atoms with E-state index >= 15 is 0 Å². The van der Waals surface area contributed by atoms with Gasteiger partial charge in [-0.2, -0.15) is 14.9 Å². The largest absolute Gasteiger partial charge is 0.493 e. The molecule has 3 aromatic rings. The summed E-state index contributed by atoms with van der Waals surface area (Å²) in [5, 5.41) is 15.3. The van der Waals surface area contributed by atoms with E-state index in [1.165, 1.54) is 0 Å². The van der Waals surface area contributed by atoms with E-state index in [4.69, 9.17) is 4.74 Å². The number of carbonyl (C=O) groups excluding carboxylic acids is 1. The number of nitrogens with zero attached hydrogens (tertiary/aromatic N) is 4. The number of aromatic nitrogens is 4. The summed E-state index contributed by atoms with van der Waals surface area (Å²) < 4.78 is 7.24. The first-order chi connectivity index (χ1) is 12.7. The summed E-state index contributed by atoms with van der Waals surface area (Å²) in [6.45, 7) is 2.50. The van der Waals surface area contributed by atoms with Gasteiger partial charge in [-0.1, -0.05) is 18.2 Å². The number of benzene rings is 1. The Hall–Kier alpha value is -3.22. The molecule has 1 atom stereocenters. The number of hydrogen-bond acceptors (Lipinski definition) is 5. The van der Waals surface area contributed by atoms with Crippen molar-refractivity contribution in [1.82, 2.24) is 20.0 Å². The van der Waals surface area contributed by atoms with Gasteiger partial charge in [0.15, 0.2) is 5.82 Å². The minimum Gasteiger partial charge on any atom is -0.493 e. The molecule has 7 heteroatoms. The number of carbonyl (C=O) groups is 1. The molecule has 4 rings (SSSR count). The minimum absolute atomic E-state index is 0.0616. The van der Waals surface area contributed by atoms with Gasteiger partial charge in [0.1, 0.15) is 11.6 Å². The Morgan fingerprint density at radius 2 is 2.12 bits per heavy atom. The van der Waals surface area contributed by atoms with E-state index in [-0.39, 0.29) is 11.8 Å². The van der Waals surface area contributed by atoms with Crippen molar-refractivity contribution in [3.63, 3.8) is 0 Å². The van der Waals surface area contributed by atoms with Gasteiger partial charge in [0.2, 0.25) is 5.91 Å². The van der Waals surface area contributed by atoms with E-state index < -0.39 is 0 Å². The molecule has 26 heavy (non-hydrogen) atoms. The molecule has 0 saturated carbocycles.